The van der Waals surface area contributed by atoms with Gasteiger partial charge in [0.2, 0.25) is 0 Å². The molecule has 5 rings (SSSR count). The van der Waals surface area contributed by atoms with Crippen LogP contribution in [-0.4, -0.2) is 24.5 Å². The second-order valence-corrected chi connectivity index (χ2v) is 9.65. The molecule has 2 aliphatic rings. The highest BCUT2D eigenvalue weighted by Gasteiger charge is 2.41. The number of nitrogens with zero attached hydrogens (tertiary/aromatic N) is 1. The summed E-state index contributed by atoms with van der Waals surface area (Å²) in [6.07, 6.45) is 5.01. The predicted molar refractivity (Wildman–Crippen MR) is 130 cm³/mol. The zero-order valence-electron chi connectivity index (χ0n) is 18.7. The molecule has 1 fully saturated rings. The van der Waals surface area contributed by atoms with Gasteiger partial charge in [-0.3, -0.25) is 0 Å². The average molecular weight is 426 g/mol. The van der Waals surface area contributed by atoms with Crippen molar-refractivity contribution in [3.63, 3.8) is 0 Å². The lowest BCUT2D eigenvalue weighted by Crippen LogP contribution is -2.36. The Hall–Kier alpha value is -3.07. The molecule has 0 bridgehead atoms. The van der Waals surface area contributed by atoms with E-state index in [1.54, 1.807) is 0 Å². The summed E-state index contributed by atoms with van der Waals surface area (Å²) in [6.45, 7) is 4.27. The average Bonchev–Trinajstić information content (AvgIpc) is 2.85. The summed E-state index contributed by atoms with van der Waals surface area (Å²) in [5.41, 5.74) is 6.47. The maximum Gasteiger partial charge on any atom is 0.123 e. The minimum atomic E-state index is -0.0188. The number of fused-ring (bicyclic) bond motifs is 1. The number of aldehydes is 1. The van der Waals surface area contributed by atoms with E-state index in [0.29, 0.717) is 5.75 Å². The van der Waals surface area contributed by atoms with E-state index in [1.807, 2.05) is 12.1 Å². The predicted octanol–water partition coefficient (Wildman–Crippen LogP) is 5.84. The first-order valence-corrected chi connectivity index (χ1v) is 11.8. The van der Waals surface area contributed by atoms with Crippen molar-refractivity contribution in [2.24, 2.45) is 5.92 Å². The van der Waals surface area contributed by atoms with Gasteiger partial charge in [0.25, 0.3) is 0 Å². The van der Waals surface area contributed by atoms with Gasteiger partial charge in [-0.2, -0.15) is 0 Å². The minimum Gasteiger partial charge on any atom is -0.508 e. The third-order valence-electron chi connectivity index (χ3n) is 7.75. The number of aromatic hydroxyl groups is 1. The van der Waals surface area contributed by atoms with Gasteiger partial charge in [0.1, 0.15) is 12.0 Å². The molecule has 0 amide bonds. The molecular formula is C29H31NO2. The van der Waals surface area contributed by atoms with Crippen LogP contribution in [0.15, 0.2) is 72.8 Å². The lowest BCUT2D eigenvalue weighted by molar-refractivity contribution is -0.111. The quantitative estimate of drug-likeness (QED) is 0.534. The molecule has 3 aromatic carbocycles. The Bertz CT molecular complexity index is 1080. The Morgan fingerprint density at radius 3 is 2.38 bits per heavy atom. The fourth-order valence-electron chi connectivity index (χ4n) is 5.82. The third-order valence-corrected chi connectivity index (χ3v) is 7.75. The summed E-state index contributed by atoms with van der Waals surface area (Å²) < 4.78 is 0. The topological polar surface area (TPSA) is 40.5 Å². The summed E-state index contributed by atoms with van der Waals surface area (Å²) >= 11 is 0. The van der Waals surface area contributed by atoms with Crippen molar-refractivity contribution < 1.29 is 9.90 Å². The van der Waals surface area contributed by atoms with Crippen LogP contribution in [0.1, 0.15) is 54.4 Å². The largest absolute Gasteiger partial charge is 0.508 e. The molecule has 3 heteroatoms. The molecule has 3 aromatic rings. The molecule has 164 valence electrons. The lowest BCUT2D eigenvalue weighted by Gasteiger charge is -2.44. The molecule has 0 saturated carbocycles. The van der Waals surface area contributed by atoms with Crippen LogP contribution in [0, 0.1) is 5.92 Å². The molecule has 3 nitrogen and oxygen atoms in total. The number of rotatable bonds is 4. The summed E-state index contributed by atoms with van der Waals surface area (Å²) in [7, 11) is 0. The smallest absolute Gasteiger partial charge is 0.123 e. The van der Waals surface area contributed by atoms with E-state index in [4.69, 9.17) is 0 Å². The van der Waals surface area contributed by atoms with Crippen molar-refractivity contribution in [3.05, 3.63) is 95.1 Å². The van der Waals surface area contributed by atoms with Crippen molar-refractivity contribution in [2.75, 3.05) is 18.0 Å². The molecule has 0 radical (unpaired) electrons. The Morgan fingerprint density at radius 2 is 1.69 bits per heavy atom. The van der Waals surface area contributed by atoms with Gasteiger partial charge in [0.15, 0.2) is 0 Å². The molecule has 32 heavy (non-hydrogen) atoms. The van der Waals surface area contributed by atoms with Crippen LogP contribution in [0.25, 0.3) is 0 Å². The van der Waals surface area contributed by atoms with E-state index in [-0.39, 0.29) is 17.3 Å². The van der Waals surface area contributed by atoms with Gasteiger partial charge in [-0.05, 0) is 72.2 Å². The van der Waals surface area contributed by atoms with Crippen LogP contribution in [-0.2, 0) is 16.6 Å². The summed E-state index contributed by atoms with van der Waals surface area (Å²) in [6, 6.07) is 25.8. The van der Waals surface area contributed by atoms with Gasteiger partial charge in [-0.1, -0.05) is 55.5 Å². The van der Waals surface area contributed by atoms with E-state index in [9.17, 15) is 9.90 Å². The second kappa shape index (κ2) is 8.46. The van der Waals surface area contributed by atoms with Gasteiger partial charge in [0.05, 0.1) is 0 Å². The number of phenolic OH excluding ortho intramolecular Hbond substituents is 1. The maximum atomic E-state index is 11.1. The summed E-state index contributed by atoms with van der Waals surface area (Å²) in [5, 5.41) is 10.1. The zero-order valence-corrected chi connectivity index (χ0v) is 18.7. The molecule has 1 saturated heterocycles. The first-order valence-electron chi connectivity index (χ1n) is 11.8. The maximum absolute atomic E-state index is 11.1. The van der Waals surface area contributed by atoms with Crippen LogP contribution in [0.5, 0.6) is 5.75 Å². The number of carbonyl (C=O) groups excluding carboxylic acids is 1. The molecule has 2 atom stereocenters. The molecule has 1 aliphatic heterocycles. The second-order valence-electron chi connectivity index (χ2n) is 9.65. The van der Waals surface area contributed by atoms with E-state index < -0.39 is 0 Å². The number of hydrogen-bond donors (Lipinski definition) is 1. The lowest BCUT2D eigenvalue weighted by atomic mass is 9.59. The Kier molecular flexibility index (Phi) is 5.50. The van der Waals surface area contributed by atoms with Gasteiger partial charge in [-0.15, -0.1) is 0 Å². The molecule has 1 heterocycles. The molecule has 1 N–H and O–H groups in total. The number of carbonyl (C=O) groups is 1. The van der Waals surface area contributed by atoms with Crippen LogP contribution in [0.4, 0.5) is 5.69 Å². The highest BCUT2D eigenvalue weighted by atomic mass is 16.3. The van der Waals surface area contributed by atoms with E-state index >= 15 is 0 Å². The monoisotopic (exact) mass is 425 g/mol. The van der Waals surface area contributed by atoms with Crippen molar-refractivity contribution in [3.8, 4) is 5.75 Å². The fourth-order valence-corrected chi connectivity index (χ4v) is 5.82. The van der Waals surface area contributed by atoms with E-state index in [1.165, 1.54) is 27.9 Å². The molecule has 0 spiro atoms. The number of anilines is 1. The van der Waals surface area contributed by atoms with Crippen molar-refractivity contribution in [1.82, 2.24) is 0 Å². The molecule has 0 aromatic heterocycles. The van der Waals surface area contributed by atoms with E-state index in [2.05, 4.69) is 72.5 Å². The van der Waals surface area contributed by atoms with E-state index in [0.717, 1.165) is 45.1 Å². The van der Waals surface area contributed by atoms with Gasteiger partial charge < -0.3 is 14.8 Å². The van der Waals surface area contributed by atoms with Crippen LogP contribution < -0.4 is 4.90 Å². The molecule has 0 unspecified atom stereocenters. The van der Waals surface area contributed by atoms with Crippen LogP contribution in [0.3, 0.4) is 0 Å². The molecular weight excluding hydrogens is 394 g/mol. The number of benzene rings is 3. The standard InChI is InChI=1S/C29H31NO2/c1-29(24-5-3-2-4-6-24)16-13-23-19-26(32)11-12-27(23)28(29)22-7-9-25(10-8-22)30-17-14-21(20-31)15-18-30/h2-12,19-21,28,32H,13-18H2,1H3/t28-,29+/m0/s1. The summed E-state index contributed by atoms with van der Waals surface area (Å²) in [4.78, 5) is 13.5. The Morgan fingerprint density at radius 1 is 0.969 bits per heavy atom. The highest BCUT2D eigenvalue weighted by molar-refractivity contribution is 5.57. The number of piperidine rings is 1. The SMILES string of the molecule is C[C@]1(c2ccccc2)CCc2cc(O)ccc2[C@@H]1c1ccc(N2CCC(C=O)CC2)cc1. The first kappa shape index (κ1) is 20.8. The van der Waals surface area contributed by atoms with Gasteiger partial charge >= 0.3 is 0 Å². The zero-order chi connectivity index (χ0) is 22.1. The Labute approximate surface area is 190 Å². The number of aryl methyl sites for hydroxylation is 1. The normalized spacial score (nSPS) is 23.5. The van der Waals surface area contributed by atoms with Crippen molar-refractivity contribution in [1.29, 1.82) is 0 Å². The van der Waals surface area contributed by atoms with Crippen LogP contribution >= 0.6 is 0 Å². The first-order chi connectivity index (χ1) is 15.6. The number of hydrogen-bond acceptors (Lipinski definition) is 3. The van der Waals surface area contributed by atoms with Crippen LogP contribution in [0.2, 0.25) is 0 Å². The minimum absolute atomic E-state index is 0.0188. The number of phenols is 1. The Balaban J connectivity index is 1.52. The fraction of sp³-hybridized carbons (Fsp3) is 0.345. The van der Waals surface area contributed by atoms with Crippen molar-refractivity contribution in [2.45, 2.75) is 43.9 Å². The van der Waals surface area contributed by atoms with Gasteiger partial charge in [-0.25, -0.2) is 0 Å². The highest BCUT2D eigenvalue weighted by Crippen LogP contribution is 2.51. The third kappa shape index (κ3) is 3.70. The molecule has 1 aliphatic carbocycles. The van der Waals surface area contributed by atoms with Gasteiger partial charge in [0, 0.05) is 36.0 Å². The van der Waals surface area contributed by atoms with Crippen molar-refractivity contribution >= 4 is 12.0 Å². The summed E-state index contributed by atoms with van der Waals surface area (Å²) in [5.74, 6) is 0.788.